The predicted octanol–water partition coefficient (Wildman–Crippen LogP) is 3.36. The molecule has 3 heterocycles. The second kappa shape index (κ2) is 7.92. The Labute approximate surface area is 181 Å². The second-order valence-electron chi connectivity index (χ2n) is 6.77. The van der Waals surface area contributed by atoms with Gasteiger partial charge in [0.05, 0.1) is 4.91 Å². The van der Waals surface area contributed by atoms with E-state index in [2.05, 4.69) is 5.32 Å². The Morgan fingerprint density at radius 3 is 2.77 bits per heavy atom. The highest BCUT2D eigenvalue weighted by atomic mass is 32.2. The number of rotatable bonds is 4. The number of nitrogens with one attached hydrogen (secondary N) is 1. The summed E-state index contributed by atoms with van der Waals surface area (Å²) in [6.45, 7) is 1.63. The molecule has 3 aromatic rings. The average molecular weight is 440 g/mol. The van der Waals surface area contributed by atoms with Gasteiger partial charge in [-0.05, 0) is 49.4 Å². The zero-order chi connectivity index (χ0) is 21.4. The number of fused-ring (bicyclic) bond motifs is 1. The number of amides is 2. The lowest BCUT2D eigenvalue weighted by atomic mass is 10.2. The number of thiocarbonyl (C=S) groups is 1. The molecule has 1 N–H and O–H groups in total. The zero-order valence-electron chi connectivity index (χ0n) is 16.1. The summed E-state index contributed by atoms with van der Waals surface area (Å²) < 4.78 is 7.32. The lowest BCUT2D eigenvalue weighted by Gasteiger charge is -2.22. The minimum Gasteiger partial charge on any atom is -0.423 e. The van der Waals surface area contributed by atoms with E-state index < -0.39 is 11.7 Å². The number of aromatic nitrogens is 1. The van der Waals surface area contributed by atoms with Gasteiger partial charge in [-0.2, -0.15) is 0 Å². The Hall–Kier alpha value is -3.17. The highest BCUT2D eigenvalue weighted by Gasteiger charge is 2.38. The maximum atomic E-state index is 12.9. The SMILES string of the molecule is CC(C(=O)Nc1ccc2oc(=O)ccc2c1)N1C(=O)C(=Cc2cccn2C)SC1=S. The van der Waals surface area contributed by atoms with Gasteiger partial charge in [0.2, 0.25) is 5.91 Å². The summed E-state index contributed by atoms with van der Waals surface area (Å²) >= 11 is 6.53. The molecule has 0 spiro atoms. The number of aryl methyl sites for hydroxylation is 1. The molecule has 2 amide bonds. The number of hydrogen-bond acceptors (Lipinski definition) is 6. The largest absolute Gasteiger partial charge is 0.423 e. The Kier molecular flexibility index (Phi) is 5.31. The van der Waals surface area contributed by atoms with Crippen LogP contribution in [0.15, 0.2) is 62.8 Å². The third-order valence-electron chi connectivity index (χ3n) is 4.74. The number of nitrogens with zero attached hydrogens (tertiary/aromatic N) is 2. The predicted molar refractivity (Wildman–Crippen MR) is 121 cm³/mol. The van der Waals surface area contributed by atoms with Crippen molar-refractivity contribution in [2.75, 3.05) is 5.32 Å². The van der Waals surface area contributed by atoms with Gasteiger partial charge in [-0.25, -0.2) is 4.79 Å². The van der Waals surface area contributed by atoms with E-state index >= 15 is 0 Å². The Morgan fingerprint density at radius 1 is 1.23 bits per heavy atom. The first-order chi connectivity index (χ1) is 14.3. The van der Waals surface area contributed by atoms with E-state index in [4.69, 9.17) is 16.6 Å². The second-order valence-corrected chi connectivity index (χ2v) is 8.44. The summed E-state index contributed by atoms with van der Waals surface area (Å²) in [5.74, 6) is -0.669. The van der Waals surface area contributed by atoms with Gasteiger partial charge in [0.1, 0.15) is 15.9 Å². The highest BCUT2D eigenvalue weighted by Crippen LogP contribution is 2.34. The molecule has 4 rings (SSSR count). The van der Waals surface area contributed by atoms with Gasteiger partial charge < -0.3 is 14.3 Å². The molecule has 1 unspecified atom stereocenters. The summed E-state index contributed by atoms with van der Waals surface area (Å²) in [6, 6.07) is 10.9. The van der Waals surface area contributed by atoms with Gasteiger partial charge in [-0.3, -0.25) is 14.5 Å². The zero-order valence-corrected chi connectivity index (χ0v) is 17.8. The van der Waals surface area contributed by atoms with Crippen LogP contribution in [0.25, 0.3) is 17.0 Å². The van der Waals surface area contributed by atoms with Crippen LogP contribution in [0.1, 0.15) is 12.6 Å². The van der Waals surface area contributed by atoms with Gasteiger partial charge in [-0.1, -0.05) is 24.0 Å². The molecule has 1 saturated heterocycles. The quantitative estimate of drug-likeness (QED) is 0.381. The fourth-order valence-electron chi connectivity index (χ4n) is 3.09. The minimum absolute atomic E-state index is 0.297. The number of carbonyl (C=O) groups is 2. The molecule has 7 nitrogen and oxygen atoms in total. The molecule has 1 aromatic carbocycles. The molecule has 1 aliphatic rings. The summed E-state index contributed by atoms with van der Waals surface area (Å²) in [7, 11) is 1.89. The number of anilines is 1. The van der Waals surface area contributed by atoms with Crippen LogP contribution >= 0.6 is 24.0 Å². The highest BCUT2D eigenvalue weighted by molar-refractivity contribution is 8.26. The van der Waals surface area contributed by atoms with Gasteiger partial charge in [-0.15, -0.1) is 0 Å². The van der Waals surface area contributed by atoms with Crippen molar-refractivity contribution in [3.63, 3.8) is 0 Å². The standard InChI is InChI=1S/C21H17N3O4S2/c1-12(19(26)22-14-6-7-16-13(10-14)5-8-18(25)28-16)24-20(27)17(30-21(24)29)11-15-4-3-9-23(15)2/h3-12H,1-2H3,(H,22,26). The third kappa shape index (κ3) is 3.81. The Bertz CT molecular complexity index is 1270. The normalized spacial score (nSPS) is 16.5. The molecular weight excluding hydrogens is 422 g/mol. The van der Waals surface area contributed by atoms with Crippen LogP contribution < -0.4 is 10.9 Å². The van der Waals surface area contributed by atoms with E-state index in [0.717, 1.165) is 5.69 Å². The third-order valence-corrected chi connectivity index (χ3v) is 6.07. The minimum atomic E-state index is -0.791. The summed E-state index contributed by atoms with van der Waals surface area (Å²) in [5, 5.41) is 3.47. The van der Waals surface area contributed by atoms with Gasteiger partial charge in [0, 0.05) is 36.1 Å². The molecule has 1 atom stereocenters. The van der Waals surface area contributed by atoms with E-state index in [0.29, 0.717) is 25.9 Å². The fraction of sp³-hybridized carbons (Fsp3) is 0.143. The van der Waals surface area contributed by atoms with Crippen LogP contribution in [0.5, 0.6) is 0 Å². The van der Waals surface area contributed by atoms with E-state index in [-0.39, 0.29) is 11.8 Å². The first-order valence-corrected chi connectivity index (χ1v) is 10.3. The molecule has 1 aliphatic heterocycles. The van der Waals surface area contributed by atoms with Crippen molar-refractivity contribution < 1.29 is 14.0 Å². The van der Waals surface area contributed by atoms with E-state index in [9.17, 15) is 14.4 Å². The maximum Gasteiger partial charge on any atom is 0.336 e. The summed E-state index contributed by atoms with van der Waals surface area (Å²) in [4.78, 5) is 38.8. The van der Waals surface area contributed by atoms with Gasteiger partial charge in [0.15, 0.2) is 0 Å². The topological polar surface area (TPSA) is 84.6 Å². The van der Waals surface area contributed by atoms with Crippen LogP contribution in [0.4, 0.5) is 5.69 Å². The molecule has 9 heteroatoms. The van der Waals surface area contributed by atoms with Crippen LogP contribution in [0.3, 0.4) is 0 Å². The van der Waals surface area contributed by atoms with E-state index in [1.54, 1.807) is 37.3 Å². The number of benzene rings is 1. The van der Waals surface area contributed by atoms with Gasteiger partial charge >= 0.3 is 5.63 Å². The monoisotopic (exact) mass is 439 g/mol. The molecule has 2 aromatic heterocycles. The van der Waals surface area contributed by atoms with Crippen molar-refractivity contribution in [2.24, 2.45) is 7.05 Å². The summed E-state index contributed by atoms with van der Waals surface area (Å²) in [5.41, 5.74) is 1.38. The first-order valence-electron chi connectivity index (χ1n) is 9.06. The Morgan fingerprint density at radius 2 is 2.03 bits per heavy atom. The Balaban J connectivity index is 1.52. The van der Waals surface area contributed by atoms with Gasteiger partial charge in [0.25, 0.3) is 5.91 Å². The summed E-state index contributed by atoms with van der Waals surface area (Å²) in [6.07, 6.45) is 3.65. The average Bonchev–Trinajstić information content (AvgIpc) is 3.24. The first kappa shape index (κ1) is 20.1. The van der Waals surface area contributed by atoms with Crippen LogP contribution in [-0.4, -0.2) is 31.6 Å². The molecular formula is C21H17N3O4S2. The molecule has 152 valence electrons. The lowest BCUT2D eigenvalue weighted by molar-refractivity contribution is -0.129. The fourth-order valence-corrected chi connectivity index (χ4v) is 4.49. The maximum absolute atomic E-state index is 12.9. The van der Waals surface area contributed by atoms with Crippen molar-refractivity contribution in [3.8, 4) is 0 Å². The van der Waals surface area contributed by atoms with Crippen LogP contribution in [-0.2, 0) is 16.6 Å². The molecule has 0 bridgehead atoms. The lowest BCUT2D eigenvalue weighted by Crippen LogP contribution is -2.44. The molecule has 0 radical (unpaired) electrons. The molecule has 0 aliphatic carbocycles. The van der Waals surface area contributed by atoms with Crippen molar-refractivity contribution in [2.45, 2.75) is 13.0 Å². The van der Waals surface area contributed by atoms with Crippen LogP contribution in [0, 0.1) is 0 Å². The molecule has 30 heavy (non-hydrogen) atoms. The molecule has 1 fully saturated rings. The van der Waals surface area contributed by atoms with E-state index in [1.165, 1.54) is 22.7 Å². The number of thioether (sulfide) groups is 1. The number of carbonyl (C=O) groups excluding carboxylic acids is 2. The van der Waals surface area contributed by atoms with Crippen molar-refractivity contribution in [1.82, 2.24) is 9.47 Å². The smallest absolute Gasteiger partial charge is 0.336 e. The van der Waals surface area contributed by atoms with Crippen molar-refractivity contribution in [1.29, 1.82) is 0 Å². The van der Waals surface area contributed by atoms with Crippen molar-refractivity contribution in [3.05, 3.63) is 69.7 Å². The van der Waals surface area contributed by atoms with Crippen LogP contribution in [0.2, 0.25) is 0 Å². The number of hydrogen-bond donors (Lipinski definition) is 1. The van der Waals surface area contributed by atoms with Crippen molar-refractivity contribution >= 4 is 62.8 Å². The van der Waals surface area contributed by atoms with E-state index in [1.807, 2.05) is 29.9 Å². The molecule has 0 saturated carbocycles.